The van der Waals surface area contributed by atoms with Crippen LogP contribution in [0.15, 0.2) is 11.1 Å². The van der Waals surface area contributed by atoms with Gasteiger partial charge in [-0.3, -0.25) is 0 Å². The number of hydrogen-bond acceptors (Lipinski definition) is 4. The summed E-state index contributed by atoms with van der Waals surface area (Å²) in [6, 6.07) is 0. The molecule has 26 heavy (non-hydrogen) atoms. The highest BCUT2D eigenvalue weighted by atomic mass is 16.5. The van der Waals surface area contributed by atoms with E-state index in [0.717, 1.165) is 64.2 Å². The molecule has 4 nitrogen and oxygen atoms in total. The fraction of sp³-hybridized carbons (Fsp3) is 0.818. The van der Waals surface area contributed by atoms with Gasteiger partial charge >= 0.3 is 11.9 Å². The molecule has 0 aromatic carbocycles. The first-order chi connectivity index (χ1) is 12.6. The molecule has 0 unspecified atom stereocenters. The number of esters is 2. The van der Waals surface area contributed by atoms with E-state index in [1.807, 2.05) is 0 Å². The minimum absolute atomic E-state index is 0.325. The second-order valence-electron chi connectivity index (χ2n) is 6.85. The molecule has 0 aliphatic carbocycles. The molecule has 0 aliphatic heterocycles. The van der Waals surface area contributed by atoms with Crippen molar-refractivity contribution >= 4 is 11.9 Å². The summed E-state index contributed by atoms with van der Waals surface area (Å²) in [4.78, 5) is 25.2. The quantitative estimate of drug-likeness (QED) is 0.187. The molecular weight excluding hydrogens is 328 g/mol. The van der Waals surface area contributed by atoms with E-state index in [0.29, 0.717) is 37.2 Å². The summed E-state index contributed by atoms with van der Waals surface area (Å²) in [6.45, 7) is 9.20. The first-order valence-corrected chi connectivity index (χ1v) is 10.7. The van der Waals surface area contributed by atoms with Crippen molar-refractivity contribution in [2.75, 3.05) is 13.2 Å². The SMILES string of the molecule is CCCCCC/C(C(=O)OCCCC)=C(\CCCC)C(=O)OCCCC. The van der Waals surface area contributed by atoms with Crippen LogP contribution in [0.5, 0.6) is 0 Å². The lowest BCUT2D eigenvalue weighted by molar-refractivity contribution is -0.142. The van der Waals surface area contributed by atoms with Crippen LogP contribution in [-0.2, 0) is 19.1 Å². The number of carbonyl (C=O) groups excluding carboxylic acids is 2. The van der Waals surface area contributed by atoms with Gasteiger partial charge in [0.15, 0.2) is 0 Å². The first-order valence-electron chi connectivity index (χ1n) is 10.7. The van der Waals surface area contributed by atoms with Crippen molar-refractivity contribution in [3.05, 3.63) is 11.1 Å². The molecule has 0 radical (unpaired) electrons. The third kappa shape index (κ3) is 11.3. The number of hydrogen-bond donors (Lipinski definition) is 0. The Bertz CT molecular complexity index is 412. The average molecular weight is 369 g/mol. The van der Waals surface area contributed by atoms with Crippen molar-refractivity contribution in [1.82, 2.24) is 0 Å². The van der Waals surface area contributed by atoms with Crippen LogP contribution >= 0.6 is 0 Å². The molecule has 0 saturated carbocycles. The zero-order valence-corrected chi connectivity index (χ0v) is 17.5. The lowest BCUT2D eigenvalue weighted by Crippen LogP contribution is -2.18. The summed E-state index contributed by atoms with van der Waals surface area (Å²) >= 11 is 0. The molecule has 0 atom stereocenters. The number of carbonyl (C=O) groups is 2. The Morgan fingerprint density at radius 3 is 1.38 bits per heavy atom. The minimum Gasteiger partial charge on any atom is -0.462 e. The number of ether oxygens (including phenoxy) is 2. The molecule has 0 saturated heterocycles. The summed E-state index contributed by atoms with van der Waals surface area (Å²) in [5.74, 6) is -0.654. The first kappa shape index (κ1) is 24.7. The molecule has 0 N–H and O–H groups in total. The molecule has 0 aromatic rings. The lowest BCUT2D eigenvalue weighted by Gasteiger charge is -2.15. The summed E-state index contributed by atoms with van der Waals surface area (Å²) < 4.78 is 10.9. The third-order valence-corrected chi connectivity index (χ3v) is 4.38. The van der Waals surface area contributed by atoms with Crippen LogP contribution in [0.25, 0.3) is 0 Å². The van der Waals surface area contributed by atoms with E-state index in [9.17, 15) is 9.59 Å². The second kappa shape index (κ2) is 17.1. The van der Waals surface area contributed by atoms with Crippen LogP contribution in [0.2, 0.25) is 0 Å². The molecule has 152 valence electrons. The molecule has 0 amide bonds. The van der Waals surface area contributed by atoms with Gasteiger partial charge in [-0.1, -0.05) is 66.2 Å². The molecule has 0 rings (SSSR count). The van der Waals surface area contributed by atoms with E-state index in [2.05, 4.69) is 27.7 Å². The van der Waals surface area contributed by atoms with Gasteiger partial charge in [0.05, 0.1) is 13.2 Å². The van der Waals surface area contributed by atoms with Crippen LogP contribution in [0.4, 0.5) is 0 Å². The van der Waals surface area contributed by atoms with Gasteiger partial charge in [0.1, 0.15) is 0 Å². The zero-order valence-electron chi connectivity index (χ0n) is 17.5. The maximum atomic E-state index is 12.6. The maximum Gasteiger partial charge on any atom is 0.334 e. The topological polar surface area (TPSA) is 52.6 Å². The molecule has 0 spiro atoms. The fourth-order valence-corrected chi connectivity index (χ4v) is 2.63. The number of unbranched alkanes of at least 4 members (excludes halogenated alkanes) is 6. The van der Waals surface area contributed by atoms with E-state index >= 15 is 0 Å². The van der Waals surface area contributed by atoms with Crippen molar-refractivity contribution in [3.63, 3.8) is 0 Å². The highest BCUT2D eigenvalue weighted by Gasteiger charge is 2.22. The van der Waals surface area contributed by atoms with Gasteiger partial charge in [-0.15, -0.1) is 0 Å². The van der Waals surface area contributed by atoms with E-state index in [-0.39, 0.29) is 11.9 Å². The van der Waals surface area contributed by atoms with Crippen LogP contribution in [0.3, 0.4) is 0 Å². The van der Waals surface area contributed by atoms with Gasteiger partial charge in [0, 0.05) is 11.1 Å². The molecule has 0 heterocycles. The van der Waals surface area contributed by atoms with Crippen molar-refractivity contribution in [1.29, 1.82) is 0 Å². The summed E-state index contributed by atoms with van der Waals surface area (Å²) in [6.07, 6.45) is 10.9. The summed E-state index contributed by atoms with van der Waals surface area (Å²) in [5.41, 5.74) is 1.09. The van der Waals surface area contributed by atoms with Gasteiger partial charge in [0.2, 0.25) is 0 Å². The largest absolute Gasteiger partial charge is 0.462 e. The minimum atomic E-state index is -0.329. The van der Waals surface area contributed by atoms with Gasteiger partial charge in [-0.05, 0) is 38.5 Å². The van der Waals surface area contributed by atoms with Gasteiger partial charge in [0.25, 0.3) is 0 Å². The summed E-state index contributed by atoms with van der Waals surface area (Å²) in [7, 11) is 0. The number of rotatable bonds is 16. The normalized spacial score (nSPS) is 11.8. The van der Waals surface area contributed by atoms with Crippen LogP contribution in [0, 0.1) is 0 Å². The fourth-order valence-electron chi connectivity index (χ4n) is 2.63. The molecule has 0 aliphatic rings. The van der Waals surface area contributed by atoms with Crippen LogP contribution < -0.4 is 0 Å². The average Bonchev–Trinajstić information content (AvgIpc) is 2.63. The second-order valence-corrected chi connectivity index (χ2v) is 6.85. The highest BCUT2D eigenvalue weighted by Crippen LogP contribution is 2.22. The highest BCUT2D eigenvalue weighted by molar-refractivity contribution is 6.00. The van der Waals surface area contributed by atoms with Crippen LogP contribution in [0.1, 0.15) is 105 Å². The molecular formula is C22H40O4. The van der Waals surface area contributed by atoms with Gasteiger partial charge in [-0.25, -0.2) is 9.59 Å². The monoisotopic (exact) mass is 368 g/mol. The Morgan fingerprint density at radius 2 is 0.962 bits per heavy atom. The van der Waals surface area contributed by atoms with Crippen molar-refractivity contribution in [2.45, 2.75) is 105 Å². The molecule has 0 bridgehead atoms. The molecule has 0 fully saturated rings. The maximum absolute atomic E-state index is 12.6. The lowest BCUT2D eigenvalue weighted by atomic mass is 9.97. The van der Waals surface area contributed by atoms with E-state index in [1.54, 1.807) is 0 Å². The Labute approximate surface area is 160 Å². The van der Waals surface area contributed by atoms with Gasteiger partial charge in [-0.2, -0.15) is 0 Å². The predicted molar refractivity (Wildman–Crippen MR) is 107 cm³/mol. The Balaban J connectivity index is 5.28. The van der Waals surface area contributed by atoms with E-state index in [1.165, 1.54) is 0 Å². The smallest absolute Gasteiger partial charge is 0.334 e. The summed E-state index contributed by atoms with van der Waals surface area (Å²) in [5, 5.41) is 0. The van der Waals surface area contributed by atoms with Gasteiger partial charge < -0.3 is 9.47 Å². The Kier molecular flexibility index (Phi) is 16.2. The third-order valence-electron chi connectivity index (χ3n) is 4.38. The van der Waals surface area contributed by atoms with Crippen molar-refractivity contribution in [2.24, 2.45) is 0 Å². The Morgan fingerprint density at radius 1 is 0.538 bits per heavy atom. The predicted octanol–water partition coefficient (Wildman–Crippen LogP) is 6.13. The Hall–Kier alpha value is -1.32. The molecule has 0 aromatic heterocycles. The van der Waals surface area contributed by atoms with E-state index in [4.69, 9.17) is 9.47 Å². The zero-order chi connectivity index (χ0) is 19.6. The van der Waals surface area contributed by atoms with Crippen molar-refractivity contribution in [3.8, 4) is 0 Å². The van der Waals surface area contributed by atoms with Crippen LogP contribution in [-0.4, -0.2) is 25.2 Å². The van der Waals surface area contributed by atoms with Crippen molar-refractivity contribution < 1.29 is 19.1 Å². The molecule has 4 heteroatoms. The standard InChI is InChI=1S/C22H40O4/c1-5-9-13-14-16-20(22(24)26-18-12-8-4)19(15-10-6-2)21(23)25-17-11-7-3/h5-18H2,1-4H3/b20-19-. The van der Waals surface area contributed by atoms with E-state index < -0.39 is 0 Å².